The molecule has 5 nitrogen and oxygen atoms in total. The lowest BCUT2D eigenvalue weighted by Gasteiger charge is -2.29. The number of hydrogen-bond donors (Lipinski definition) is 1. The van der Waals surface area contributed by atoms with E-state index < -0.39 is 0 Å². The lowest BCUT2D eigenvalue weighted by atomic mass is 9.82. The smallest absolute Gasteiger partial charge is 0.233 e. The van der Waals surface area contributed by atoms with Gasteiger partial charge in [-0.25, -0.2) is 0 Å². The van der Waals surface area contributed by atoms with Gasteiger partial charge in [0.25, 0.3) is 0 Å². The molecule has 1 unspecified atom stereocenters. The van der Waals surface area contributed by atoms with Crippen molar-refractivity contribution in [1.82, 2.24) is 20.1 Å². The van der Waals surface area contributed by atoms with E-state index in [4.69, 9.17) is 4.98 Å². The number of pyridine rings is 1. The summed E-state index contributed by atoms with van der Waals surface area (Å²) in [5.41, 5.74) is 6.67. The van der Waals surface area contributed by atoms with Crippen LogP contribution in [0.15, 0.2) is 53.9 Å². The van der Waals surface area contributed by atoms with Crippen molar-refractivity contribution in [3.8, 4) is 0 Å². The molecule has 2 saturated heterocycles. The molecule has 3 aliphatic heterocycles. The predicted octanol–water partition coefficient (Wildman–Crippen LogP) is 3.44. The number of nitrogens with one attached hydrogen (secondary N) is 1. The Morgan fingerprint density at radius 2 is 2.03 bits per heavy atom. The Bertz CT molecular complexity index is 1060. The highest BCUT2D eigenvalue weighted by Gasteiger charge is 2.47. The van der Waals surface area contributed by atoms with E-state index in [9.17, 15) is 4.79 Å². The molecular weight excluding hydrogens is 372 g/mol. The summed E-state index contributed by atoms with van der Waals surface area (Å²) in [6, 6.07) is 10.6. The number of fused-ring (bicyclic) bond motifs is 3. The minimum Gasteiger partial charge on any atom is -0.374 e. The van der Waals surface area contributed by atoms with E-state index in [1.807, 2.05) is 12.3 Å². The molecule has 0 aliphatic carbocycles. The van der Waals surface area contributed by atoms with E-state index >= 15 is 0 Å². The summed E-state index contributed by atoms with van der Waals surface area (Å²) >= 11 is 0. The van der Waals surface area contributed by atoms with Crippen LogP contribution < -0.4 is 5.32 Å². The zero-order valence-electron chi connectivity index (χ0n) is 17.9. The molecule has 156 valence electrons. The Kier molecular flexibility index (Phi) is 4.86. The van der Waals surface area contributed by atoms with Crippen molar-refractivity contribution in [2.75, 3.05) is 39.8 Å². The number of carbonyl (C=O) groups excluding carboxylic acids is 1. The molecule has 1 N–H and O–H groups in total. The Morgan fingerprint density at radius 3 is 2.90 bits per heavy atom. The first-order valence-corrected chi connectivity index (χ1v) is 11.0. The third-order valence-electron chi connectivity index (χ3n) is 7.22. The molecule has 1 aromatic carbocycles. The minimum atomic E-state index is 0.107. The van der Waals surface area contributed by atoms with Crippen LogP contribution in [0, 0.1) is 5.41 Å². The Balaban J connectivity index is 1.50. The first kappa shape index (κ1) is 19.3. The van der Waals surface area contributed by atoms with E-state index in [0.29, 0.717) is 6.54 Å². The monoisotopic (exact) mass is 402 g/mol. The van der Waals surface area contributed by atoms with Gasteiger partial charge in [-0.1, -0.05) is 23.8 Å². The number of allylic oxidation sites excluding steroid dienone is 2. The fourth-order valence-corrected chi connectivity index (χ4v) is 5.44. The molecule has 1 amide bonds. The van der Waals surface area contributed by atoms with Crippen LogP contribution in [0.4, 0.5) is 0 Å². The average molecular weight is 403 g/mol. The number of amides is 1. The summed E-state index contributed by atoms with van der Waals surface area (Å²) in [5.74, 6) is 0.107. The number of likely N-dealkylation sites (N-methyl/N-ethyl adjacent to an activating group) is 1. The lowest BCUT2D eigenvalue weighted by molar-refractivity contribution is -0.121. The van der Waals surface area contributed by atoms with Crippen LogP contribution in [-0.4, -0.2) is 60.5 Å². The number of benzene rings is 1. The molecule has 2 aromatic rings. The summed E-state index contributed by atoms with van der Waals surface area (Å²) < 4.78 is 0. The molecule has 1 atom stereocenters. The number of carbonyl (C=O) groups is 1. The van der Waals surface area contributed by atoms with Crippen molar-refractivity contribution in [3.05, 3.63) is 59.4 Å². The van der Waals surface area contributed by atoms with Crippen molar-refractivity contribution in [1.29, 1.82) is 0 Å². The second-order valence-electron chi connectivity index (χ2n) is 9.04. The van der Waals surface area contributed by atoms with Crippen LogP contribution in [0.5, 0.6) is 0 Å². The van der Waals surface area contributed by atoms with E-state index in [1.54, 1.807) is 7.05 Å². The van der Waals surface area contributed by atoms with Gasteiger partial charge in [0.05, 0.1) is 12.1 Å². The summed E-state index contributed by atoms with van der Waals surface area (Å²) in [6.45, 7) is 6.94. The van der Waals surface area contributed by atoms with Gasteiger partial charge in [0, 0.05) is 54.9 Å². The summed E-state index contributed by atoms with van der Waals surface area (Å²) in [5, 5.41) is 3.95. The standard InChI is InChI=1S/C25H30N4O/c1-18-7-10-29-12-9-25(8-11-28(17-25)16-24(30)26-2)23(29)14-21(18)20-13-19-5-3-4-6-22(19)27-15-20/h3-6,13-15H,7-12,16-17H2,1-2H3,(H,26,30). The predicted molar refractivity (Wildman–Crippen MR) is 121 cm³/mol. The van der Waals surface area contributed by atoms with Crippen molar-refractivity contribution in [2.24, 2.45) is 5.41 Å². The normalized spacial score (nSPS) is 24.3. The Morgan fingerprint density at radius 1 is 1.20 bits per heavy atom. The molecule has 1 spiro atoms. The first-order chi connectivity index (χ1) is 14.6. The van der Waals surface area contributed by atoms with Crippen molar-refractivity contribution in [2.45, 2.75) is 26.2 Å². The van der Waals surface area contributed by atoms with Gasteiger partial charge in [0.1, 0.15) is 0 Å². The van der Waals surface area contributed by atoms with E-state index in [-0.39, 0.29) is 11.3 Å². The number of rotatable bonds is 3. The minimum absolute atomic E-state index is 0.107. The van der Waals surface area contributed by atoms with Crippen molar-refractivity contribution >= 4 is 22.4 Å². The first-order valence-electron chi connectivity index (χ1n) is 11.0. The molecular formula is C25H30N4O. The summed E-state index contributed by atoms with van der Waals surface area (Å²) in [6.07, 6.45) is 7.88. The molecule has 1 aromatic heterocycles. The molecule has 30 heavy (non-hydrogen) atoms. The lowest BCUT2D eigenvalue weighted by Crippen LogP contribution is -2.36. The van der Waals surface area contributed by atoms with Gasteiger partial charge in [-0.15, -0.1) is 0 Å². The third kappa shape index (κ3) is 3.31. The Hall–Kier alpha value is -2.66. The summed E-state index contributed by atoms with van der Waals surface area (Å²) in [4.78, 5) is 21.5. The molecule has 5 heteroatoms. The van der Waals surface area contributed by atoms with Crippen molar-refractivity contribution in [3.63, 3.8) is 0 Å². The summed E-state index contributed by atoms with van der Waals surface area (Å²) in [7, 11) is 1.72. The topological polar surface area (TPSA) is 48.5 Å². The molecule has 5 rings (SSSR count). The van der Waals surface area contributed by atoms with Crippen LogP contribution in [0.2, 0.25) is 0 Å². The van der Waals surface area contributed by atoms with Gasteiger partial charge in [0.15, 0.2) is 0 Å². The van der Waals surface area contributed by atoms with Crippen LogP contribution in [0.1, 0.15) is 31.7 Å². The van der Waals surface area contributed by atoms with Crippen LogP contribution in [0.3, 0.4) is 0 Å². The number of hydrogen-bond acceptors (Lipinski definition) is 4. The van der Waals surface area contributed by atoms with Crippen molar-refractivity contribution < 1.29 is 4.79 Å². The highest BCUT2D eigenvalue weighted by molar-refractivity contribution is 5.86. The van der Waals surface area contributed by atoms with Gasteiger partial charge >= 0.3 is 0 Å². The fraction of sp³-hybridized carbons (Fsp3) is 0.440. The molecule has 0 radical (unpaired) electrons. The fourth-order valence-electron chi connectivity index (χ4n) is 5.44. The van der Waals surface area contributed by atoms with Crippen LogP contribution in [-0.2, 0) is 4.79 Å². The quantitative estimate of drug-likeness (QED) is 0.854. The molecule has 0 saturated carbocycles. The molecule has 4 heterocycles. The van der Waals surface area contributed by atoms with Gasteiger partial charge in [-0.2, -0.15) is 0 Å². The molecule has 2 fully saturated rings. The van der Waals surface area contributed by atoms with Gasteiger partial charge in [0.2, 0.25) is 5.91 Å². The van der Waals surface area contributed by atoms with E-state index in [0.717, 1.165) is 44.5 Å². The SMILES string of the molecule is CNC(=O)CN1CCC2(CCN3CCC(C)=C(c4cnc5ccccc5c4)C=C32)C1. The number of aromatic nitrogens is 1. The zero-order chi connectivity index (χ0) is 20.7. The average Bonchev–Trinajstić information content (AvgIpc) is 3.27. The van der Waals surface area contributed by atoms with E-state index in [1.165, 1.54) is 34.2 Å². The Labute approximate surface area is 178 Å². The second kappa shape index (κ2) is 7.55. The zero-order valence-corrected chi connectivity index (χ0v) is 17.9. The van der Waals surface area contributed by atoms with E-state index in [2.05, 4.69) is 52.4 Å². The highest BCUT2D eigenvalue weighted by Crippen LogP contribution is 2.49. The van der Waals surface area contributed by atoms with Crippen LogP contribution >= 0.6 is 0 Å². The number of para-hydroxylation sites is 1. The second-order valence-corrected chi connectivity index (χ2v) is 9.04. The third-order valence-corrected chi connectivity index (χ3v) is 7.22. The maximum Gasteiger partial charge on any atom is 0.233 e. The maximum atomic E-state index is 11.9. The molecule has 0 bridgehead atoms. The number of nitrogens with zero attached hydrogens (tertiary/aromatic N) is 3. The largest absolute Gasteiger partial charge is 0.374 e. The van der Waals surface area contributed by atoms with Gasteiger partial charge < -0.3 is 10.2 Å². The number of likely N-dealkylation sites (tertiary alicyclic amines) is 1. The van der Waals surface area contributed by atoms with Gasteiger partial charge in [-0.3, -0.25) is 14.7 Å². The molecule has 3 aliphatic rings. The van der Waals surface area contributed by atoms with Crippen LogP contribution in [0.25, 0.3) is 16.5 Å². The van der Waals surface area contributed by atoms with Gasteiger partial charge in [-0.05, 0) is 56.5 Å². The highest BCUT2D eigenvalue weighted by atomic mass is 16.1. The maximum absolute atomic E-state index is 11.9.